The lowest BCUT2D eigenvalue weighted by atomic mass is 10.2. The predicted octanol–water partition coefficient (Wildman–Crippen LogP) is 3.14. The van der Waals surface area contributed by atoms with Crippen LogP contribution in [0.2, 0.25) is 0 Å². The van der Waals surface area contributed by atoms with Crippen molar-refractivity contribution in [2.24, 2.45) is 0 Å². The quantitative estimate of drug-likeness (QED) is 0.607. The van der Waals surface area contributed by atoms with Gasteiger partial charge in [-0.05, 0) is 48.2 Å². The van der Waals surface area contributed by atoms with E-state index >= 15 is 0 Å². The van der Waals surface area contributed by atoms with Gasteiger partial charge in [-0.25, -0.2) is 0 Å². The van der Waals surface area contributed by atoms with Crippen LogP contribution in [-0.4, -0.2) is 68.6 Å². The number of nitrogens with zero attached hydrogens (tertiary/aromatic N) is 3. The van der Waals surface area contributed by atoms with Crippen molar-refractivity contribution < 1.29 is 9.53 Å². The van der Waals surface area contributed by atoms with E-state index in [1.807, 2.05) is 35.6 Å². The molecule has 1 aromatic carbocycles. The summed E-state index contributed by atoms with van der Waals surface area (Å²) in [5, 5.41) is 2.15. The number of anilines is 1. The third kappa shape index (κ3) is 5.67. The van der Waals surface area contributed by atoms with E-state index in [0.717, 1.165) is 57.1 Å². The van der Waals surface area contributed by atoms with Crippen molar-refractivity contribution in [2.75, 3.05) is 57.8 Å². The predicted molar refractivity (Wildman–Crippen MR) is 116 cm³/mol. The summed E-state index contributed by atoms with van der Waals surface area (Å²) in [6.07, 6.45) is 2.52. The first-order valence-corrected chi connectivity index (χ1v) is 10.6. The Bertz CT molecular complexity index is 738. The molecule has 5 nitrogen and oxygen atoms in total. The van der Waals surface area contributed by atoms with Gasteiger partial charge in [0.25, 0.3) is 0 Å². The minimum Gasteiger partial charge on any atom is -0.497 e. The van der Waals surface area contributed by atoms with Gasteiger partial charge in [0.05, 0.1) is 7.11 Å². The molecule has 0 N–H and O–H groups in total. The molecular formula is C22H29N3O2S. The number of amides is 1. The van der Waals surface area contributed by atoms with Crippen LogP contribution in [0.3, 0.4) is 0 Å². The van der Waals surface area contributed by atoms with Gasteiger partial charge in [0.15, 0.2) is 0 Å². The lowest BCUT2D eigenvalue weighted by Crippen LogP contribution is -2.49. The number of piperazine rings is 1. The van der Waals surface area contributed by atoms with Crippen molar-refractivity contribution in [1.82, 2.24) is 9.80 Å². The molecule has 0 bridgehead atoms. The summed E-state index contributed by atoms with van der Waals surface area (Å²) >= 11 is 1.84. The largest absolute Gasteiger partial charge is 0.497 e. The van der Waals surface area contributed by atoms with Crippen molar-refractivity contribution >= 4 is 22.9 Å². The molecular weight excluding hydrogens is 370 g/mol. The fourth-order valence-electron chi connectivity index (χ4n) is 3.44. The number of carbonyl (C=O) groups excluding carboxylic acids is 1. The van der Waals surface area contributed by atoms with E-state index in [2.05, 4.69) is 33.9 Å². The summed E-state index contributed by atoms with van der Waals surface area (Å²) in [6, 6.07) is 11.9. The SMILES string of the molecule is C=CC(=O)N(CCN1CCN(CCc2cccs2)CC1)c1ccc(OC)cc1. The lowest BCUT2D eigenvalue weighted by molar-refractivity contribution is -0.114. The average Bonchev–Trinajstić information content (AvgIpc) is 3.27. The van der Waals surface area contributed by atoms with Gasteiger partial charge in [0, 0.05) is 56.4 Å². The van der Waals surface area contributed by atoms with Gasteiger partial charge in [-0.15, -0.1) is 11.3 Å². The minimum atomic E-state index is -0.0697. The third-order valence-electron chi connectivity index (χ3n) is 5.18. The highest BCUT2D eigenvalue weighted by Gasteiger charge is 2.19. The molecule has 1 amide bonds. The van der Waals surface area contributed by atoms with E-state index in [1.54, 1.807) is 12.0 Å². The highest BCUT2D eigenvalue weighted by atomic mass is 32.1. The van der Waals surface area contributed by atoms with Gasteiger partial charge < -0.3 is 14.5 Å². The zero-order chi connectivity index (χ0) is 19.8. The van der Waals surface area contributed by atoms with Gasteiger partial charge in [0.2, 0.25) is 5.91 Å². The van der Waals surface area contributed by atoms with Gasteiger partial charge >= 0.3 is 0 Å². The van der Waals surface area contributed by atoms with Crippen LogP contribution in [0.15, 0.2) is 54.4 Å². The zero-order valence-electron chi connectivity index (χ0n) is 16.5. The van der Waals surface area contributed by atoms with Gasteiger partial charge in [-0.1, -0.05) is 12.6 Å². The molecule has 6 heteroatoms. The maximum atomic E-state index is 12.3. The van der Waals surface area contributed by atoms with E-state index in [1.165, 1.54) is 11.0 Å². The molecule has 1 aliphatic rings. The molecule has 1 fully saturated rings. The number of carbonyl (C=O) groups is 1. The number of hydrogen-bond acceptors (Lipinski definition) is 5. The van der Waals surface area contributed by atoms with Gasteiger partial charge in [-0.3, -0.25) is 9.69 Å². The van der Waals surface area contributed by atoms with Crippen LogP contribution < -0.4 is 9.64 Å². The highest BCUT2D eigenvalue weighted by molar-refractivity contribution is 7.09. The Morgan fingerprint density at radius 3 is 2.39 bits per heavy atom. The summed E-state index contributed by atoms with van der Waals surface area (Å²) in [5.74, 6) is 0.716. The Morgan fingerprint density at radius 1 is 1.14 bits per heavy atom. The van der Waals surface area contributed by atoms with E-state index in [9.17, 15) is 4.79 Å². The number of methoxy groups -OCH3 is 1. The zero-order valence-corrected chi connectivity index (χ0v) is 17.4. The summed E-state index contributed by atoms with van der Waals surface area (Å²) in [5.41, 5.74) is 0.875. The normalized spacial score (nSPS) is 15.3. The van der Waals surface area contributed by atoms with Crippen LogP contribution in [0.4, 0.5) is 5.69 Å². The smallest absolute Gasteiger partial charge is 0.250 e. The van der Waals surface area contributed by atoms with Crippen molar-refractivity contribution in [2.45, 2.75) is 6.42 Å². The molecule has 28 heavy (non-hydrogen) atoms. The Morgan fingerprint density at radius 2 is 1.82 bits per heavy atom. The van der Waals surface area contributed by atoms with Gasteiger partial charge in [-0.2, -0.15) is 0 Å². The number of ether oxygens (including phenoxy) is 1. The number of rotatable bonds is 9. The first-order chi connectivity index (χ1) is 13.7. The Hall–Kier alpha value is -2.15. The second-order valence-electron chi connectivity index (χ2n) is 6.90. The molecule has 0 saturated carbocycles. The van der Waals surface area contributed by atoms with E-state index in [-0.39, 0.29) is 5.91 Å². The van der Waals surface area contributed by atoms with Crippen molar-refractivity contribution in [1.29, 1.82) is 0 Å². The van der Waals surface area contributed by atoms with Crippen LogP contribution in [0, 0.1) is 0 Å². The topological polar surface area (TPSA) is 36.0 Å². The summed E-state index contributed by atoms with van der Waals surface area (Å²) in [7, 11) is 1.64. The molecule has 0 unspecified atom stereocenters. The maximum absolute atomic E-state index is 12.3. The molecule has 3 rings (SSSR count). The number of thiophene rings is 1. The fourth-order valence-corrected chi connectivity index (χ4v) is 4.14. The molecule has 0 atom stereocenters. The van der Waals surface area contributed by atoms with Gasteiger partial charge in [0.1, 0.15) is 5.75 Å². The van der Waals surface area contributed by atoms with E-state index in [4.69, 9.17) is 4.74 Å². The van der Waals surface area contributed by atoms with Crippen molar-refractivity contribution in [3.8, 4) is 5.75 Å². The van der Waals surface area contributed by atoms with Crippen LogP contribution in [-0.2, 0) is 11.2 Å². The fraction of sp³-hybridized carbons (Fsp3) is 0.409. The summed E-state index contributed by atoms with van der Waals surface area (Å²) < 4.78 is 5.21. The van der Waals surface area contributed by atoms with Crippen LogP contribution in [0.5, 0.6) is 5.75 Å². The molecule has 1 aromatic heterocycles. The molecule has 2 heterocycles. The number of benzene rings is 1. The second-order valence-corrected chi connectivity index (χ2v) is 7.94. The highest BCUT2D eigenvalue weighted by Crippen LogP contribution is 2.20. The molecule has 1 aliphatic heterocycles. The average molecular weight is 400 g/mol. The molecule has 1 saturated heterocycles. The summed E-state index contributed by atoms with van der Waals surface area (Å²) in [6.45, 7) is 10.6. The van der Waals surface area contributed by atoms with Crippen molar-refractivity contribution in [3.05, 3.63) is 59.3 Å². The Balaban J connectivity index is 1.47. The standard InChI is InChI=1S/C22H29N3O2S/c1-3-22(26)25(19-6-8-20(27-2)9-7-19)17-16-24-14-12-23(13-15-24)11-10-21-5-4-18-28-21/h3-9,18H,1,10-17H2,2H3. The monoisotopic (exact) mass is 399 g/mol. The Kier molecular flexibility index (Phi) is 7.65. The van der Waals surface area contributed by atoms with Crippen LogP contribution >= 0.6 is 11.3 Å². The molecule has 0 aliphatic carbocycles. The summed E-state index contributed by atoms with van der Waals surface area (Å²) in [4.78, 5) is 20.6. The molecule has 150 valence electrons. The van der Waals surface area contributed by atoms with Crippen molar-refractivity contribution in [3.63, 3.8) is 0 Å². The first-order valence-electron chi connectivity index (χ1n) is 9.74. The van der Waals surface area contributed by atoms with E-state index < -0.39 is 0 Å². The molecule has 0 radical (unpaired) electrons. The maximum Gasteiger partial charge on any atom is 0.250 e. The second kappa shape index (κ2) is 10.4. The minimum absolute atomic E-state index is 0.0697. The van der Waals surface area contributed by atoms with Crippen LogP contribution in [0.1, 0.15) is 4.88 Å². The van der Waals surface area contributed by atoms with Crippen LogP contribution in [0.25, 0.3) is 0 Å². The Labute approximate surface area is 171 Å². The third-order valence-corrected chi connectivity index (χ3v) is 6.12. The number of hydrogen-bond donors (Lipinski definition) is 0. The molecule has 2 aromatic rings. The lowest BCUT2D eigenvalue weighted by Gasteiger charge is -2.35. The van der Waals surface area contributed by atoms with E-state index in [0.29, 0.717) is 6.54 Å². The molecule has 0 spiro atoms. The first kappa shape index (κ1) is 20.6.